The van der Waals surface area contributed by atoms with Crippen LogP contribution >= 0.6 is 11.6 Å². The van der Waals surface area contributed by atoms with Gasteiger partial charge in [-0.1, -0.05) is 31.5 Å². The fourth-order valence-electron chi connectivity index (χ4n) is 4.23. The highest BCUT2D eigenvalue weighted by atomic mass is 35.5. The molecule has 1 aliphatic rings. The third-order valence-corrected chi connectivity index (χ3v) is 5.67. The van der Waals surface area contributed by atoms with E-state index < -0.39 is 0 Å². The van der Waals surface area contributed by atoms with Gasteiger partial charge in [0.05, 0.1) is 23.1 Å². The molecule has 5 nitrogen and oxygen atoms in total. The Morgan fingerprint density at radius 2 is 2.00 bits per heavy atom. The molecule has 0 radical (unpaired) electrons. The van der Waals surface area contributed by atoms with E-state index in [9.17, 15) is 4.79 Å². The summed E-state index contributed by atoms with van der Waals surface area (Å²) in [5.74, 6) is 1.52. The Bertz CT molecular complexity index is 794. The normalized spacial score (nSPS) is 20.3. The molecular formula is C22H31ClN4O. The van der Waals surface area contributed by atoms with Crippen molar-refractivity contribution in [1.82, 2.24) is 20.0 Å². The number of nitrogens with zero attached hydrogens (tertiary/aromatic N) is 3. The average molecular weight is 403 g/mol. The number of benzene rings is 1. The Morgan fingerprint density at radius 1 is 1.25 bits per heavy atom. The zero-order chi connectivity index (χ0) is 20.1. The lowest BCUT2D eigenvalue weighted by Crippen LogP contribution is -2.39. The molecule has 2 unspecified atom stereocenters. The quantitative estimate of drug-likeness (QED) is 0.701. The minimum Gasteiger partial charge on any atom is -0.352 e. The monoisotopic (exact) mass is 402 g/mol. The van der Waals surface area contributed by atoms with Gasteiger partial charge < -0.3 is 10.2 Å². The van der Waals surface area contributed by atoms with Crippen LogP contribution in [0.25, 0.3) is 5.69 Å². The first-order chi connectivity index (χ1) is 13.4. The smallest absolute Gasteiger partial charge is 0.254 e. The summed E-state index contributed by atoms with van der Waals surface area (Å²) in [5, 5.41) is 8.04. The second-order valence-electron chi connectivity index (χ2n) is 8.20. The van der Waals surface area contributed by atoms with Crippen molar-refractivity contribution in [2.45, 2.75) is 40.0 Å². The molecule has 2 atom stereocenters. The van der Waals surface area contributed by atoms with Gasteiger partial charge in [0.1, 0.15) is 0 Å². The van der Waals surface area contributed by atoms with Gasteiger partial charge in [-0.05, 0) is 62.8 Å². The summed E-state index contributed by atoms with van der Waals surface area (Å²) in [6, 6.07) is 7.46. The van der Waals surface area contributed by atoms with Crippen LogP contribution in [0.3, 0.4) is 0 Å². The van der Waals surface area contributed by atoms with Crippen molar-refractivity contribution in [1.29, 1.82) is 0 Å². The number of nitrogens with one attached hydrogen (secondary N) is 1. The van der Waals surface area contributed by atoms with Gasteiger partial charge in [-0.25, -0.2) is 4.68 Å². The minimum atomic E-state index is -0.0639. The molecule has 2 aromatic rings. The molecule has 0 aliphatic carbocycles. The molecule has 152 valence electrons. The molecule has 1 fully saturated rings. The van der Waals surface area contributed by atoms with Crippen molar-refractivity contribution in [3.63, 3.8) is 0 Å². The number of carbonyl (C=O) groups excluding carboxylic acids is 1. The Labute approximate surface area is 173 Å². The van der Waals surface area contributed by atoms with Crippen LogP contribution in [0.2, 0.25) is 5.02 Å². The van der Waals surface area contributed by atoms with Crippen molar-refractivity contribution >= 4 is 17.5 Å². The molecule has 28 heavy (non-hydrogen) atoms. The maximum atomic E-state index is 12.5. The SMILES string of the molecule is Cc1c(C(=O)NCCCCN2CC(C)CC(C)C2)cnn1-c1cccc(Cl)c1. The zero-order valence-electron chi connectivity index (χ0n) is 17.1. The van der Waals surface area contributed by atoms with Crippen LogP contribution in [-0.4, -0.2) is 46.8 Å². The van der Waals surface area contributed by atoms with Gasteiger partial charge in [0.15, 0.2) is 0 Å². The molecule has 0 bridgehead atoms. The van der Waals surface area contributed by atoms with Crippen molar-refractivity contribution in [2.24, 2.45) is 11.8 Å². The van der Waals surface area contributed by atoms with E-state index in [1.165, 1.54) is 19.5 Å². The lowest BCUT2D eigenvalue weighted by molar-refractivity contribution is 0.0951. The number of hydrogen-bond acceptors (Lipinski definition) is 3. The molecule has 1 aliphatic heterocycles. The fraction of sp³-hybridized carbons (Fsp3) is 0.545. The second kappa shape index (κ2) is 9.57. The highest BCUT2D eigenvalue weighted by Gasteiger charge is 2.21. The van der Waals surface area contributed by atoms with E-state index in [1.807, 2.05) is 31.2 Å². The Morgan fingerprint density at radius 3 is 2.71 bits per heavy atom. The molecule has 0 spiro atoms. The Kier molecular flexibility index (Phi) is 7.13. The summed E-state index contributed by atoms with van der Waals surface area (Å²) in [5.41, 5.74) is 2.28. The largest absolute Gasteiger partial charge is 0.352 e. The van der Waals surface area contributed by atoms with Gasteiger partial charge >= 0.3 is 0 Å². The molecule has 2 heterocycles. The third-order valence-electron chi connectivity index (χ3n) is 5.44. The van der Waals surface area contributed by atoms with Gasteiger partial charge in [0, 0.05) is 24.7 Å². The number of hydrogen-bond donors (Lipinski definition) is 1. The van der Waals surface area contributed by atoms with E-state index in [0.29, 0.717) is 17.1 Å². The van der Waals surface area contributed by atoms with Gasteiger partial charge in [-0.3, -0.25) is 4.79 Å². The molecule has 0 saturated carbocycles. The summed E-state index contributed by atoms with van der Waals surface area (Å²) in [4.78, 5) is 15.1. The Hall–Kier alpha value is -1.85. The van der Waals surface area contributed by atoms with Gasteiger partial charge in [-0.2, -0.15) is 5.10 Å². The summed E-state index contributed by atoms with van der Waals surface area (Å²) < 4.78 is 1.75. The number of likely N-dealkylation sites (tertiary alicyclic amines) is 1. The molecule has 1 aromatic carbocycles. The molecule has 3 rings (SSSR count). The third kappa shape index (κ3) is 5.36. The highest BCUT2D eigenvalue weighted by molar-refractivity contribution is 6.30. The number of aromatic nitrogens is 2. The fourth-order valence-corrected chi connectivity index (χ4v) is 4.42. The molecule has 1 aromatic heterocycles. The average Bonchev–Trinajstić information content (AvgIpc) is 3.02. The van der Waals surface area contributed by atoms with Crippen LogP contribution in [0, 0.1) is 18.8 Å². The molecule has 6 heteroatoms. The van der Waals surface area contributed by atoms with E-state index >= 15 is 0 Å². The number of halogens is 1. The minimum absolute atomic E-state index is 0.0639. The summed E-state index contributed by atoms with van der Waals surface area (Å²) in [7, 11) is 0. The maximum Gasteiger partial charge on any atom is 0.254 e. The van der Waals surface area contributed by atoms with E-state index in [2.05, 4.69) is 29.2 Å². The van der Waals surface area contributed by atoms with E-state index in [1.54, 1.807) is 10.9 Å². The van der Waals surface area contributed by atoms with Crippen molar-refractivity contribution < 1.29 is 4.79 Å². The van der Waals surface area contributed by atoms with Gasteiger partial charge in [-0.15, -0.1) is 0 Å². The van der Waals surface area contributed by atoms with Gasteiger partial charge in [0.25, 0.3) is 5.91 Å². The van der Waals surface area contributed by atoms with Crippen LogP contribution in [-0.2, 0) is 0 Å². The van der Waals surface area contributed by atoms with Crippen LogP contribution in [0.1, 0.15) is 49.2 Å². The lowest BCUT2D eigenvalue weighted by Gasteiger charge is -2.34. The maximum absolute atomic E-state index is 12.5. The van der Waals surface area contributed by atoms with Gasteiger partial charge in [0.2, 0.25) is 0 Å². The topological polar surface area (TPSA) is 50.2 Å². The summed E-state index contributed by atoms with van der Waals surface area (Å²) in [6.45, 7) is 10.8. The molecule has 1 saturated heterocycles. The van der Waals surface area contributed by atoms with Crippen molar-refractivity contribution in [3.8, 4) is 5.69 Å². The summed E-state index contributed by atoms with van der Waals surface area (Å²) in [6.07, 6.45) is 5.07. The number of carbonyl (C=O) groups is 1. The van der Waals surface area contributed by atoms with Crippen molar-refractivity contribution in [3.05, 3.63) is 46.7 Å². The van der Waals surface area contributed by atoms with Crippen LogP contribution in [0.5, 0.6) is 0 Å². The van der Waals surface area contributed by atoms with Crippen LogP contribution in [0.15, 0.2) is 30.5 Å². The number of unbranched alkanes of at least 4 members (excludes halogenated alkanes) is 1. The van der Waals surface area contributed by atoms with E-state index in [0.717, 1.165) is 42.6 Å². The van der Waals surface area contributed by atoms with Crippen LogP contribution < -0.4 is 5.32 Å². The first-order valence-electron chi connectivity index (χ1n) is 10.2. The first kappa shape index (κ1) is 20.9. The standard InChI is InChI=1S/C22H31ClN4O/c1-16-11-17(2)15-26(14-16)10-5-4-9-24-22(28)21-13-25-27(18(21)3)20-8-6-7-19(23)12-20/h6-8,12-13,16-17H,4-5,9-11,14-15H2,1-3H3,(H,24,28). The molecule has 1 amide bonds. The zero-order valence-corrected chi connectivity index (χ0v) is 17.9. The first-order valence-corrected chi connectivity index (χ1v) is 10.6. The number of rotatable bonds is 7. The Balaban J connectivity index is 1.45. The predicted octanol–water partition coefficient (Wildman–Crippen LogP) is 4.32. The summed E-state index contributed by atoms with van der Waals surface area (Å²) >= 11 is 6.06. The number of piperidine rings is 1. The lowest BCUT2D eigenvalue weighted by atomic mass is 9.92. The second-order valence-corrected chi connectivity index (χ2v) is 8.64. The van der Waals surface area contributed by atoms with E-state index in [4.69, 9.17) is 11.6 Å². The van der Waals surface area contributed by atoms with Crippen molar-refractivity contribution in [2.75, 3.05) is 26.2 Å². The molecular weight excluding hydrogens is 372 g/mol. The van der Waals surface area contributed by atoms with Crippen LogP contribution in [0.4, 0.5) is 0 Å². The molecule has 1 N–H and O–H groups in total. The van der Waals surface area contributed by atoms with E-state index in [-0.39, 0.29) is 5.91 Å². The number of amides is 1. The predicted molar refractivity (Wildman–Crippen MR) is 114 cm³/mol. The highest BCUT2D eigenvalue weighted by Crippen LogP contribution is 2.21.